The Labute approximate surface area is 132 Å². The Morgan fingerprint density at radius 3 is 2.73 bits per heavy atom. The minimum atomic E-state index is 0.171. The number of piperidine rings is 1. The van der Waals surface area contributed by atoms with E-state index in [0.717, 1.165) is 50.9 Å². The molecule has 118 valence electrons. The molecule has 1 aliphatic heterocycles. The van der Waals surface area contributed by atoms with E-state index >= 15 is 0 Å². The Bertz CT molecular complexity index is 548. The Morgan fingerprint density at radius 2 is 2.05 bits per heavy atom. The molecule has 1 aromatic rings. The summed E-state index contributed by atoms with van der Waals surface area (Å²) in [5, 5.41) is 0. The van der Waals surface area contributed by atoms with Crippen molar-refractivity contribution >= 4 is 5.91 Å². The van der Waals surface area contributed by atoms with Gasteiger partial charge in [0.1, 0.15) is 6.10 Å². The van der Waals surface area contributed by atoms with Gasteiger partial charge < -0.3 is 9.64 Å². The SMILES string of the molecule is Cc1cccc(OC2CCN(C(=O)C3CC=CCC3)CC2)n1. The number of hydrogen-bond acceptors (Lipinski definition) is 3. The number of rotatable bonds is 3. The largest absolute Gasteiger partial charge is 0.474 e. The fraction of sp³-hybridized carbons (Fsp3) is 0.556. The smallest absolute Gasteiger partial charge is 0.226 e. The summed E-state index contributed by atoms with van der Waals surface area (Å²) in [4.78, 5) is 18.9. The third-order valence-electron chi connectivity index (χ3n) is 4.52. The van der Waals surface area contributed by atoms with Crippen molar-refractivity contribution in [1.82, 2.24) is 9.88 Å². The van der Waals surface area contributed by atoms with E-state index < -0.39 is 0 Å². The van der Waals surface area contributed by atoms with E-state index in [9.17, 15) is 4.79 Å². The predicted molar refractivity (Wildman–Crippen MR) is 85.7 cm³/mol. The molecule has 1 aliphatic carbocycles. The molecule has 1 amide bonds. The molecule has 1 saturated heterocycles. The van der Waals surface area contributed by atoms with E-state index in [0.29, 0.717) is 11.8 Å². The van der Waals surface area contributed by atoms with Crippen LogP contribution < -0.4 is 4.74 Å². The number of carbonyl (C=O) groups excluding carboxylic acids is 1. The zero-order valence-corrected chi connectivity index (χ0v) is 13.2. The molecule has 1 atom stereocenters. The minimum Gasteiger partial charge on any atom is -0.474 e. The van der Waals surface area contributed by atoms with Crippen molar-refractivity contribution in [3.8, 4) is 5.88 Å². The molecule has 0 N–H and O–H groups in total. The predicted octanol–water partition coefficient (Wildman–Crippen LogP) is 3.12. The van der Waals surface area contributed by atoms with Gasteiger partial charge in [-0.3, -0.25) is 4.79 Å². The van der Waals surface area contributed by atoms with Crippen LogP contribution >= 0.6 is 0 Å². The standard InChI is InChI=1S/C18H24N2O2/c1-14-6-5-9-17(19-14)22-16-10-12-20(13-11-16)18(21)15-7-3-2-4-8-15/h2-3,5-6,9,15-16H,4,7-8,10-13H2,1H3. The lowest BCUT2D eigenvalue weighted by molar-refractivity contribution is -0.137. The molecule has 0 aromatic carbocycles. The van der Waals surface area contributed by atoms with Crippen LogP contribution in [0.25, 0.3) is 0 Å². The van der Waals surface area contributed by atoms with E-state index in [1.807, 2.05) is 30.0 Å². The van der Waals surface area contributed by atoms with Gasteiger partial charge in [0.2, 0.25) is 11.8 Å². The van der Waals surface area contributed by atoms with Gasteiger partial charge in [0.05, 0.1) is 0 Å². The van der Waals surface area contributed by atoms with Gasteiger partial charge in [-0.05, 0) is 32.3 Å². The molecule has 2 heterocycles. The first-order valence-electron chi connectivity index (χ1n) is 8.26. The molecule has 22 heavy (non-hydrogen) atoms. The lowest BCUT2D eigenvalue weighted by Crippen LogP contribution is -2.44. The van der Waals surface area contributed by atoms with Crippen LogP contribution in [0.5, 0.6) is 5.88 Å². The fourth-order valence-electron chi connectivity index (χ4n) is 3.22. The van der Waals surface area contributed by atoms with Gasteiger partial charge in [-0.2, -0.15) is 0 Å². The van der Waals surface area contributed by atoms with Crippen molar-refractivity contribution in [2.75, 3.05) is 13.1 Å². The number of aryl methyl sites for hydroxylation is 1. The highest BCUT2D eigenvalue weighted by Gasteiger charge is 2.28. The van der Waals surface area contributed by atoms with Crippen LogP contribution in [0.3, 0.4) is 0 Å². The normalized spacial score (nSPS) is 22.6. The summed E-state index contributed by atoms with van der Waals surface area (Å²) in [6.45, 7) is 3.57. The first kappa shape index (κ1) is 15.1. The number of ether oxygens (including phenoxy) is 1. The molecule has 4 nitrogen and oxygen atoms in total. The molecule has 1 unspecified atom stereocenters. The summed E-state index contributed by atoms with van der Waals surface area (Å²) in [5.74, 6) is 1.22. The van der Waals surface area contributed by atoms with Crippen molar-refractivity contribution < 1.29 is 9.53 Å². The zero-order chi connectivity index (χ0) is 15.4. The molecular formula is C18H24N2O2. The van der Waals surface area contributed by atoms with E-state index in [4.69, 9.17) is 4.74 Å². The second-order valence-corrected chi connectivity index (χ2v) is 6.24. The van der Waals surface area contributed by atoms with Crippen molar-refractivity contribution in [3.63, 3.8) is 0 Å². The Kier molecular flexibility index (Phi) is 4.76. The molecule has 1 fully saturated rings. The number of amides is 1. The quantitative estimate of drug-likeness (QED) is 0.806. The molecule has 2 aliphatic rings. The maximum absolute atomic E-state index is 12.5. The van der Waals surface area contributed by atoms with Gasteiger partial charge in [0.25, 0.3) is 0 Å². The summed E-state index contributed by atoms with van der Waals surface area (Å²) in [7, 11) is 0. The fourth-order valence-corrected chi connectivity index (χ4v) is 3.22. The molecular weight excluding hydrogens is 276 g/mol. The molecule has 4 heteroatoms. The first-order chi connectivity index (χ1) is 10.7. The van der Waals surface area contributed by atoms with Crippen LogP contribution in [0.2, 0.25) is 0 Å². The zero-order valence-electron chi connectivity index (χ0n) is 13.2. The highest BCUT2D eigenvalue weighted by molar-refractivity contribution is 5.79. The highest BCUT2D eigenvalue weighted by atomic mass is 16.5. The second-order valence-electron chi connectivity index (χ2n) is 6.24. The molecule has 0 saturated carbocycles. The summed E-state index contributed by atoms with van der Waals surface area (Å²) < 4.78 is 5.95. The number of nitrogens with zero attached hydrogens (tertiary/aromatic N) is 2. The van der Waals surface area contributed by atoms with Crippen molar-refractivity contribution in [2.24, 2.45) is 5.92 Å². The van der Waals surface area contributed by atoms with Crippen molar-refractivity contribution in [1.29, 1.82) is 0 Å². The molecule has 3 rings (SSSR count). The van der Waals surface area contributed by atoms with Crippen LogP contribution in [0.4, 0.5) is 0 Å². The molecule has 0 spiro atoms. The van der Waals surface area contributed by atoms with Crippen LogP contribution in [-0.4, -0.2) is 35.0 Å². The van der Waals surface area contributed by atoms with Crippen LogP contribution in [0.1, 0.15) is 37.8 Å². The summed E-state index contributed by atoms with van der Waals surface area (Å²) >= 11 is 0. The molecule has 0 bridgehead atoms. The van der Waals surface area contributed by atoms with Crippen LogP contribution in [0, 0.1) is 12.8 Å². The van der Waals surface area contributed by atoms with Gasteiger partial charge in [-0.25, -0.2) is 4.98 Å². The molecule has 0 radical (unpaired) electrons. The Hall–Kier alpha value is -1.84. The number of likely N-dealkylation sites (tertiary alicyclic amines) is 1. The summed E-state index contributed by atoms with van der Waals surface area (Å²) in [6.07, 6.45) is 9.22. The Balaban J connectivity index is 1.49. The average Bonchev–Trinajstić information content (AvgIpc) is 2.56. The van der Waals surface area contributed by atoms with E-state index in [-0.39, 0.29) is 12.0 Å². The van der Waals surface area contributed by atoms with Crippen molar-refractivity contribution in [3.05, 3.63) is 36.0 Å². The second kappa shape index (κ2) is 6.95. The highest BCUT2D eigenvalue weighted by Crippen LogP contribution is 2.24. The maximum Gasteiger partial charge on any atom is 0.226 e. The van der Waals surface area contributed by atoms with Gasteiger partial charge in [0.15, 0.2) is 0 Å². The number of carbonyl (C=O) groups is 1. The number of allylic oxidation sites excluding steroid dienone is 2. The number of pyridine rings is 1. The first-order valence-corrected chi connectivity index (χ1v) is 8.26. The van der Waals surface area contributed by atoms with E-state index in [1.54, 1.807) is 0 Å². The average molecular weight is 300 g/mol. The van der Waals surface area contributed by atoms with E-state index in [2.05, 4.69) is 17.1 Å². The summed E-state index contributed by atoms with van der Waals surface area (Å²) in [6, 6.07) is 5.83. The third kappa shape index (κ3) is 3.67. The van der Waals surface area contributed by atoms with Crippen LogP contribution in [-0.2, 0) is 4.79 Å². The van der Waals surface area contributed by atoms with Gasteiger partial charge >= 0.3 is 0 Å². The van der Waals surface area contributed by atoms with Gasteiger partial charge in [-0.1, -0.05) is 18.2 Å². The third-order valence-corrected chi connectivity index (χ3v) is 4.52. The van der Waals surface area contributed by atoms with Gasteiger partial charge in [0, 0.05) is 43.6 Å². The number of aromatic nitrogens is 1. The van der Waals surface area contributed by atoms with Crippen molar-refractivity contribution in [2.45, 2.75) is 45.1 Å². The molecule has 1 aromatic heterocycles. The van der Waals surface area contributed by atoms with E-state index in [1.165, 1.54) is 0 Å². The number of hydrogen-bond donors (Lipinski definition) is 0. The lowest BCUT2D eigenvalue weighted by Gasteiger charge is -2.34. The monoisotopic (exact) mass is 300 g/mol. The maximum atomic E-state index is 12.5. The summed E-state index contributed by atoms with van der Waals surface area (Å²) in [5.41, 5.74) is 0.968. The minimum absolute atomic E-state index is 0.171. The van der Waals surface area contributed by atoms with Gasteiger partial charge in [-0.15, -0.1) is 0 Å². The lowest BCUT2D eigenvalue weighted by atomic mass is 9.92. The topological polar surface area (TPSA) is 42.4 Å². The van der Waals surface area contributed by atoms with Crippen LogP contribution in [0.15, 0.2) is 30.4 Å². The Morgan fingerprint density at radius 1 is 1.23 bits per heavy atom.